The Kier molecular flexibility index (Phi) is 6.74. The van der Waals surface area contributed by atoms with Crippen LogP contribution in [0.3, 0.4) is 0 Å². The first-order valence-corrected chi connectivity index (χ1v) is 5.48. The lowest BCUT2D eigenvalue weighted by Gasteiger charge is -2.25. The molecule has 0 aliphatic heterocycles. The molecule has 0 saturated carbocycles. The molecular weight excluding hydrogens is 218 g/mol. The average molecular weight is 234 g/mol. The maximum Gasteiger partial charge on any atom is 0.328 e. The summed E-state index contributed by atoms with van der Waals surface area (Å²) in [5, 5.41) is 2.79. The molecule has 0 heterocycles. The van der Waals surface area contributed by atoms with Gasteiger partial charge in [-0.2, -0.15) is 0 Å². The van der Waals surface area contributed by atoms with E-state index in [1.807, 2.05) is 13.8 Å². The Hall–Kier alpha value is -0.420. The van der Waals surface area contributed by atoms with Crippen molar-refractivity contribution < 1.29 is 9.53 Å². The van der Waals surface area contributed by atoms with E-state index in [9.17, 15) is 4.79 Å². The van der Waals surface area contributed by atoms with Crippen molar-refractivity contribution in [3.05, 3.63) is 0 Å². The van der Waals surface area contributed by atoms with Crippen LogP contribution in [-0.4, -0.2) is 22.9 Å². The Labute approximate surface area is 96.0 Å². The number of carbonyl (C=O) groups is 1. The molecule has 0 saturated heterocycles. The highest BCUT2D eigenvalue weighted by molar-refractivity contribution is 8.00. The lowest BCUT2D eigenvalue weighted by Crippen LogP contribution is -2.44. The first kappa shape index (κ1) is 13.6. The summed E-state index contributed by atoms with van der Waals surface area (Å²) in [5.41, 5.74) is 0. The highest BCUT2D eigenvalue weighted by Crippen LogP contribution is 2.09. The van der Waals surface area contributed by atoms with Crippen molar-refractivity contribution in [2.45, 2.75) is 33.2 Å². The first-order chi connectivity index (χ1) is 6.52. The van der Waals surface area contributed by atoms with Gasteiger partial charge in [0.1, 0.15) is 6.04 Å². The van der Waals surface area contributed by atoms with Crippen LogP contribution in [0.5, 0.6) is 0 Å². The van der Waals surface area contributed by atoms with E-state index in [1.165, 1.54) is 0 Å². The average Bonchev–Trinajstić information content (AvgIpc) is 2.13. The van der Waals surface area contributed by atoms with E-state index >= 15 is 0 Å². The molecule has 0 radical (unpaired) electrons. The number of nitrogens with one attached hydrogen (secondary N) is 1. The molecule has 0 aromatic heterocycles. The number of hydrogen-bond donors (Lipinski definition) is 1. The zero-order chi connectivity index (χ0) is 11.1. The molecule has 0 aromatic carbocycles. The van der Waals surface area contributed by atoms with Crippen LogP contribution in [-0.2, 0) is 22.2 Å². The van der Waals surface area contributed by atoms with E-state index in [0.717, 1.165) is 6.42 Å². The van der Waals surface area contributed by atoms with Gasteiger partial charge in [0.25, 0.3) is 0 Å². The van der Waals surface area contributed by atoms with Crippen LogP contribution in [0.2, 0.25) is 0 Å². The normalized spacial score (nSPS) is 14.2. The van der Waals surface area contributed by atoms with Gasteiger partial charge in [-0.1, -0.05) is 24.6 Å². The molecule has 14 heavy (non-hydrogen) atoms. The van der Waals surface area contributed by atoms with Gasteiger partial charge in [-0.3, -0.25) is 0 Å². The quantitative estimate of drug-likeness (QED) is 0.442. The summed E-state index contributed by atoms with van der Waals surface area (Å²) in [6.45, 7) is 6.11. The summed E-state index contributed by atoms with van der Waals surface area (Å²) in [7, 11) is 0. The fourth-order valence-electron chi connectivity index (χ4n) is 1.03. The molecular formula is C9H16NO2S2-. The Balaban J connectivity index is 4.37. The highest BCUT2D eigenvalue weighted by Gasteiger charge is 2.23. The predicted molar refractivity (Wildman–Crippen MR) is 63.0 cm³/mol. The van der Waals surface area contributed by atoms with Crippen LogP contribution in [0.25, 0.3) is 0 Å². The van der Waals surface area contributed by atoms with Crippen molar-refractivity contribution in [1.29, 1.82) is 0 Å². The second kappa shape index (κ2) is 6.95. The summed E-state index contributed by atoms with van der Waals surface area (Å²) < 4.78 is 5.13. The fraction of sp³-hybridized carbons (Fsp3) is 0.778. The zero-order valence-corrected chi connectivity index (χ0v) is 10.3. The van der Waals surface area contributed by atoms with Gasteiger partial charge >= 0.3 is 5.97 Å². The lowest BCUT2D eigenvalue weighted by atomic mass is 10.00. The van der Waals surface area contributed by atoms with Gasteiger partial charge in [-0.05, 0) is 12.8 Å². The maximum absolute atomic E-state index is 11.5. The predicted octanol–water partition coefficient (Wildman–Crippen LogP) is 1.39. The Bertz CT molecular complexity index is 209. The van der Waals surface area contributed by atoms with Crippen molar-refractivity contribution >= 4 is 35.1 Å². The van der Waals surface area contributed by atoms with E-state index in [4.69, 9.17) is 29.6 Å². The van der Waals surface area contributed by atoms with E-state index < -0.39 is 6.04 Å². The number of hydrogen-bond acceptors (Lipinski definition) is 4. The minimum absolute atomic E-state index is 0.162. The SMILES string of the molecule is CCOC(=O)[C@@H](NC(=S)[S-])[C@@H](C)CC. The lowest BCUT2D eigenvalue weighted by molar-refractivity contribution is -0.146. The molecule has 1 N–H and O–H groups in total. The van der Waals surface area contributed by atoms with Crippen molar-refractivity contribution in [3.63, 3.8) is 0 Å². The molecule has 0 aromatic rings. The summed E-state index contributed by atoms with van der Waals surface area (Å²) >= 11 is 9.48. The van der Waals surface area contributed by atoms with Gasteiger partial charge in [0.2, 0.25) is 0 Å². The molecule has 0 fully saturated rings. The number of esters is 1. The molecule has 0 bridgehead atoms. The molecule has 0 aliphatic rings. The third-order valence-electron chi connectivity index (χ3n) is 2.03. The van der Waals surface area contributed by atoms with E-state index in [0.29, 0.717) is 6.61 Å². The van der Waals surface area contributed by atoms with Crippen molar-refractivity contribution in [2.24, 2.45) is 5.92 Å². The number of ether oxygens (including phenoxy) is 1. The van der Waals surface area contributed by atoms with Gasteiger partial charge in [0, 0.05) is 0 Å². The van der Waals surface area contributed by atoms with Crippen LogP contribution in [0.1, 0.15) is 27.2 Å². The van der Waals surface area contributed by atoms with Gasteiger partial charge in [0.05, 0.1) is 6.61 Å². The third kappa shape index (κ3) is 4.72. The summed E-state index contributed by atoms with van der Waals surface area (Å²) in [6, 6.07) is -0.412. The van der Waals surface area contributed by atoms with Crippen LogP contribution < -0.4 is 5.32 Å². The largest absolute Gasteiger partial charge is 0.464 e. The van der Waals surface area contributed by atoms with E-state index in [2.05, 4.69) is 5.32 Å². The van der Waals surface area contributed by atoms with Crippen molar-refractivity contribution in [1.82, 2.24) is 5.32 Å². The number of rotatable bonds is 5. The molecule has 5 heteroatoms. The minimum Gasteiger partial charge on any atom is -0.464 e. The van der Waals surface area contributed by atoms with Crippen molar-refractivity contribution in [3.8, 4) is 0 Å². The fourth-order valence-corrected chi connectivity index (χ4v) is 1.28. The van der Waals surface area contributed by atoms with Crippen LogP contribution in [0.4, 0.5) is 0 Å². The molecule has 3 nitrogen and oxygen atoms in total. The Morgan fingerprint density at radius 3 is 2.50 bits per heavy atom. The smallest absolute Gasteiger partial charge is 0.328 e. The molecule has 0 aliphatic carbocycles. The van der Waals surface area contributed by atoms with Crippen LogP contribution in [0.15, 0.2) is 0 Å². The molecule has 82 valence electrons. The van der Waals surface area contributed by atoms with Gasteiger partial charge in [0.15, 0.2) is 0 Å². The summed E-state index contributed by atoms with van der Waals surface area (Å²) in [4.78, 5) is 11.5. The van der Waals surface area contributed by atoms with Gasteiger partial charge in [-0.25, -0.2) is 4.79 Å². The molecule has 0 amide bonds. The van der Waals surface area contributed by atoms with E-state index in [1.54, 1.807) is 6.92 Å². The second-order valence-electron chi connectivity index (χ2n) is 3.05. The van der Waals surface area contributed by atoms with Gasteiger partial charge < -0.3 is 34.9 Å². The summed E-state index contributed by atoms with van der Waals surface area (Å²) in [5.74, 6) is -0.121. The number of thiocarbonyl (C=S) groups is 1. The zero-order valence-electron chi connectivity index (χ0n) is 8.70. The third-order valence-corrected chi connectivity index (χ3v) is 2.26. The Morgan fingerprint density at radius 2 is 2.14 bits per heavy atom. The van der Waals surface area contributed by atoms with Gasteiger partial charge in [-0.15, -0.1) is 0 Å². The molecule has 0 unspecified atom stereocenters. The minimum atomic E-state index is -0.412. The molecule has 0 rings (SSSR count). The van der Waals surface area contributed by atoms with Crippen LogP contribution in [0, 0.1) is 5.92 Å². The first-order valence-electron chi connectivity index (χ1n) is 4.67. The summed E-state index contributed by atoms with van der Waals surface area (Å²) in [6.07, 6.45) is 0.869. The second-order valence-corrected chi connectivity index (χ2v) is 4.12. The number of carbonyl (C=O) groups excluding carboxylic acids is 1. The molecule has 0 spiro atoms. The Morgan fingerprint density at radius 1 is 1.57 bits per heavy atom. The topological polar surface area (TPSA) is 38.3 Å². The van der Waals surface area contributed by atoms with E-state index in [-0.39, 0.29) is 16.2 Å². The molecule has 2 atom stereocenters. The monoisotopic (exact) mass is 234 g/mol. The standard InChI is InChI=1S/C9H17NO2S2/c1-4-6(3)7(10-9(13)14)8(11)12-5-2/h6-7H,4-5H2,1-3H3,(H2,10,13,14)/p-1/t6-,7-/m0/s1. The van der Waals surface area contributed by atoms with Crippen LogP contribution >= 0.6 is 12.2 Å². The van der Waals surface area contributed by atoms with Crippen molar-refractivity contribution in [2.75, 3.05) is 6.61 Å². The maximum atomic E-state index is 11.5. The highest BCUT2D eigenvalue weighted by atomic mass is 32.1.